The van der Waals surface area contributed by atoms with Crippen molar-refractivity contribution >= 4 is 32.7 Å². The molecule has 4 heterocycles. The highest BCUT2D eigenvalue weighted by molar-refractivity contribution is 7.22. The highest BCUT2D eigenvalue weighted by atomic mass is 32.1. The molecule has 0 amide bonds. The van der Waals surface area contributed by atoms with Crippen LogP contribution in [0.5, 0.6) is 0 Å². The molecule has 3 atom stereocenters. The van der Waals surface area contributed by atoms with Crippen molar-refractivity contribution in [3.8, 4) is 0 Å². The molecule has 2 saturated carbocycles. The van der Waals surface area contributed by atoms with Crippen molar-refractivity contribution in [1.82, 2.24) is 10.1 Å². The third-order valence-corrected chi connectivity index (χ3v) is 10.6. The highest BCUT2D eigenvalue weighted by Gasteiger charge is 2.43. The van der Waals surface area contributed by atoms with Gasteiger partial charge in [-0.1, -0.05) is 30.3 Å². The summed E-state index contributed by atoms with van der Waals surface area (Å²) in [6.45, 7) is 5.30. The van der Waals surface area contributed by atoms with Crippen molar-refractivity contribution in [2.75, 3.05) is 4.90 Å². The predicted octanol–water partition coefficient (Wildman–Crippen LogP) is 7.40. The number of rotatable bonds is 7. The fourth-order valence-corrected chi connectivity index (χ4v) is 8.29. The number of carboxylic acids is 1. The first-order valence-electron chi connectivity index (χ1n) is 14.5. The minimum atomic E-state index is -1.13. The molecule has 0 radical (unpaired) electrons. The van der Waals surface area contributed by atoms with E-state index in [4.69, 9.17) is 9.26 Å². The van der Waals surface area contributed by atoms with Gasteiger partial charge in [-0.3, -0.25) is 0 Å². The molecule has 1 unspecified atom stereocenters. The molecule has 2 bridgehead atoms. The number of hydrogen-bond donors (Lipinski definition) is 1. The van der Waals surface area contributed by atoms with E-state index in [9.17, 15) is 14.3 Å². The lowest BCUT2D eigenvalue weighted by molar-refractivity contribution is 0.0140. The van der Waals surface area contributed by atoms with Crippen LogP contribution in [0.15, 0.2) is 16.7 Å². The molecule has 1 N–H and O–H groups in total. The number of aromatic nitrogens is 2. The van der Waals surface area contributed by atoms with E-state index < -0.39 is 11.8 Å². The minimum Gasteiger partial charge on any atom is -0.478 e. The van der Waals surface area contributed by atoms with Crippen LogP contribution in [0.4, 0.5) is 9.52 Å². The second-order valence-corrected chi connectivity index (χ2v) is 13.9. The Morgan fingerprint density at radius 2 is 1.85 bits per heavy atom. The summed E-state index contributed by atoms with van der Waals surface area (Å²) < 4.78 is 27.8. The first-order chi connectivity index (χ1) is 18.8. The largest absolute Gasteiger partial charge is 0.478 e. The third kappa shape index (κ3) is 4.75. The van der Waals surface area contributed by atoms with Gasteiger partial charge in [0.25, 0.3) is 0 Å². The Hall–Kier alpha value is -2.52. The maximum Gasteiger partial charge on any atom is 0.335 e. The molecule has 39 heavy (non-hydrogen) atoms. The van der Waals surface area contributed by atoms with E-state index in [0.29, 0.717) is 40.6 Å². The van der Waals surface area contributed by atoms with Crippen LogP contribution in [0.3, 0.4) is 0 Å². The van der Waals surface area contributed by atoms with Gasteiger partial charge in [0.1, 0.15) is 11.3 Å². The maximum absolute atomic E-state index is 14.6. The number of aromatic carboxylic acids is 1. The van der Waals surface area contributed by atoms with Crippen molar-refractivity contribution in [3.63, 3.8) is 0 Å². The number of hydrogen-bond acceptors (Lipinski definition) is 7. The quantitative estimate of drug-likeness (QED) is 0.326. The molecule has 3 aromatic rings. The Bertz CT molecular complexity index is 1390. The number of carbonyl (C=O) groups is 1. The zero-order valence-corrected chi connectivity index (χ0v) is 23.4. The monoisotopic (exact) mass is 553 g/mol. The van der Waals surface area contributed by atoms with E-state index in [-0.39, 0.29) is 17.2 Å². The molecule has 9 heteroatoms. The fraction of sp³-hybridized carbons (Fsp3) is 0.633. The molecule has 4 fully saturated rings. The molecule has 4 aliphatic rings. The highest BCUT2D eigenvalue weighted by Crippen LogP contribution is 2.48. The van der Waals surface area contributed by atoms with Gasteiger partial charge in [-0.2, -0.15) is 0 Å². The molecule has 7 rings (SSSR count). The average Bonchev–Trinajstić information content (AvgIpc) is 3.41. The van der Waals surface area contributed by atoms with Crippen LogP contribution in [-0.4, -0.2) is 39.4 Å². The van der Waals surface area contributed by atoms with Crippen LogP contribution in [0, 0.1) is 11.2 Å². The number of carboxylic acid groups (broad SMARTS) is 1. The number of thiazole rings is 1. The number of benzene rings is 1. The molecular weight excluding hydrogens is 517 g/mol. The lowest BCUT2D eigenvalue weighted by atomic mass is 9.72. The van der Waals surface area contributed by atoms with E-state index in [1.54, 1.807) is 0 Å². The van der Waals surface area contributed by atoms with E-state index in [1.165, 1.54) is 48.6 Å². The Labute approximate surface area is 231 Å². The van der Waals surface area contributed by atoms with E-state index in [2.05, 4.69) is 28.9 Å². The average molecular weight is 554 g/mol. The summed E-state index contributed by atoms with van der Waals surface area (Å²) in [5.74, 6) is 0.329. The van der Waals surface area contributed by atoms with Gasteiger partial charge < -0.3 is 19.3 Å². The molecule has 2 aliphatic heterocycles. The summed E-state index contributed by atoms with van der Waals surface area (Å²) in [7, 11) is 0. The predicted molar refractivity (Wildman–Crippen MR) is 147 cm³/mol. The normalized spacial score (nSPS) is 26.9. The van der Waals surface area contributed by atoms with Crippen molar-refractivity contribution in [1.29, 1.82) is 0 Å². The number of nitrogens with zero attached hydrogens (tertiary/aromatic N) is 3. The van der Waals surface area contributed by atoms with E-state index >= 15 is 0 Å². The van der Waals surface area contributed by atoms with Crippen LogP contribution in [-0.2, 0) is 11.3 Å². The molecule has 2 saturated heterocycles. The van der Waals surface area contributed by atoms with E-state index in [1.807, 2.05) is 0 Å². The fourth-order valence-electron chi connectivity index (χ4n) is 7.13. The van der Waals surface area contributed by atoms with Gasteiger partial charge in [-0.25, -0.2) is 14.2 Å². The summed E-state index contributed by atoms with van der Waals surface area (Å²) in [4.78, 5) is 18.3. The van der Waals surface area contributed by atoms with Gasteiger partial charge in [-0.05, 0) is 81.8 Å². The maximum atomic E-state index is 14.6. The van der Waals surface area contributed by atoms with E-state index in [0.717, 1.165) is 61.2 Å². The molecule has 0 spiro atoms. The number of fused-ring (bicyclic) bond motifs is 3. The molecule has 7 nitrogen and oxygen atoms in total. The van der Waals surface area contributed by atoms with Crippen LogP contribution >= 0.6 is 11.3 Å². The third-order valence-electron chi connectivity index (χ3n) is 9.58. The summed E-state index contributed by atoms with van der Waals surface area (Å²) >= 11 is 1.39. The van der Waals surface area contributed by atoms with Crippen molar-refractivity contribution in [2.24, 2.45) is 5.41 Å². The zero-order valence-electron chi connectivity index (χ0n) is 22.6. The number of anilines is 1. The summed E-state index contributed by atoms with van der Waals surface area (Å²) in [5.41, 5.74) is 2.99. The number of piperidine rings is 1. The summed E-state index contributed by atoms with van der Waals surface area (Å²) in [6.07, 6.45) is 11.2. The second kappa shape index (κ2) is 9.54. The van der Waals surface area contributed by atoms with Crippen LogP contribution in [0.2, 0.25) is 0 Å². The van der Waals surface area contributed by atoms with Gasteiger partial charge in [0.05, 0.1) is 28.7 Å². The lowest BCUT2D eigenvalue weighted by Crippen LogP contribution is -2.45. The SMILES string of the molecule is CC1(C)CCC(c2noc(C3CC3)c2COC2C[C@H]3CC[C@@H](C2)N3c2nc3c(F)cc(C(=O)O)cc3s2)CC1. The minimum absolute atomic E-state index is 0.0408. The molecular formula is C30H36FN3O4S. The summed E-state index contributed by atoms with van der Waals surface area (Å²) in [6, 6.07) is 3.18. The van der Waals surface area contributed by atoms with Gasteiger partial charge >= 0.3 is 5.97 Å². The van der Waals surface area contributed by atoms with Gasteiger partial charge in [0.15, 0.2) is 10.9 Å². The van der Waals surface area contributed by atoms with Gasteiger partial charge in [-0.15, -0.1) is 0 Å². The molecule has 1 aromatic carbocycles. The van der Waals surface area contributed by atoms with Crippen LogP contribution in [0.1, 0.15) is 117 Å². The lowest BCUT2D eigenvalue weighted by Gasteiger charge is -2.38. The molecule has 2 aliphatic carbocycles. The second-order valence-electron chi connectivity index (χ2n) is 12.9. The Morgan fingerprint density at radius 3 is 2.51 bits per heavy atom. The Morgan fingerprint density at radius 1 is 1.13 bits per heavy atom. The van der Waals surface area contributed by atoms with Gasteiger partial charge in [0, 0.05) is 29.5 Å². The van der Waals surface area contributed by atoms with Crippen LogP contribution in [0.25, 0.3) is 10.2 Å². The Balaban J connectivity index is 1.06. The van der Waals surface area contributed by atoms with Crippen molar-refractivity contribution < 1.29 is 23.6 Å². The van der Waals surface area contributed by atoms with Crippen molar-refractivity contribution in [2.45, 2.75) is 115 Å². The first-order valence-corrected chi connectivity index (χ1v) is 15.3. The molecule has 2 aromatic heterocycles. The first kappa shape index (κ1) is 25.4. The number of halogens is 1. The molecule has 208 valence electrons. The summed E-state index contributed by atoms with van der Waals surface area (Å²) in [5, 5.41) is 14.7. The number of ether oxygens (including phenoxy) is 1. The topological polar surface area (TPSA) is 88.7 Å². The van der Waals surface area contributed by atoms with Gasteiger partial charge in [0.2, 0.25) is 0 Å². The standard InChI is InChI=1S/C30H36FN3O4S/c1-30(2)9-7-16(8-10-30)25-22(27(38-33-25)17-3-4-17)15-37-21-13-19-5-6-20(14-21)34(19)29-32-26-23(31)11-18(28(35)36)12-24(26)39-29/h11-12,16-17,19-21H,3-10,13-15H2,1-2H3,(H,35,36)/t19-,20+,21?. The van der Waals surface area contributed by atoms with Crippen LogP contribution < -0.4 is 4.90 Å². The Kier molecular flexibility index (Phi) is 6.23. The van der Waals surface area contributed by atoms with Crippen molar-refractivity contribution in [3.05, 3.63) is 40.5 Å². The smallest absolute Gasteiger partial charge is 0.335 e. The zero-order chi connectivity index (χ0) is 26.9.